The van der Waals surface area contributed by atoms with Gasteiger partial charge in [-0.3, -0.25) is 14.5 Å². The molecule has 0 aromatic heterocycles. The summed E-state index contributed by atoms with van der Waals surface area (Å²) in [5, 5.41) is 2.68. The molecule has 0 unspecified atom stereocenters. The summed E-state index contributed by atoms with van der Waals surface area (Å²) in [7, 11) is 4.09. The molecule has 2 amide bonds. The first-order valence-corrected chi connectivity index (χ1v) is 12.8. The number of hydrogen-bond acceptors (Lipinski definition) is 6. The lowest BCUT2D eigenvalue weighted by Gasteiger charge is -2.16. The highest BCUT2D eigenvalue weighted by atomic mass is 16.6. The number of amides is 2. The van der Waals surface area contributed by atoms with Gasteiger partial charge in [-0.05, 0) is 87.3 Å². The van der Waals surface area contributed by atoms with Gasteiger partial charge in [0.1, 0.15) is 11.9 Å². The van der Waals surface area contributed by atoms with Crippen LogP contribution in [0.3, 0.4) is 0 Å². The molecular formula is C29H35N3O5. The van der Waals surface area contributed by atoms with E-state index in [-0.39, 0.29) is 18.2 Å². The number of benzene rings is 2. The van der Waals surface area contributed by atoms with E-state index in [0.717, 1.165) is 48.3 Å². The van der Waals surface area contributed by atoms with Crippen LogP contribution >= 0.6 is 0 Å². The number of Topliss-reactive ketones (excluding diaryl/α,β-unsaturated/α-hetero) is 1. The van der Waals surface area contributed by atoms with Crippen molar-refractivity contribution in [3.63, 3.8) is 0 Å². The third kappa shape index (κ3) is 6.98. The minimum atomic E-state index is -0.444. The highest BCUT2D eigenvalue weighted by molar-refractivity contribution is 6.12. The van der Waals surface area contributed by atoms with Gasteiger partial charge >= 0.3 is 6.09 Å². The second kappa shape index (κ2) is 12.1. The maximum Gasteiger partial charge on any atom is 0.414 e. The molecule has 1 N–H and O–H groups in total. The number of cyclic esters (lactones) is 1. The van der Waals surface area contributed by atoms with Gasteiger partial charge in [0.05, 0.1) is 19.7 Å². The highest BCUT2D eigenvalue weighted by Gasteiger charge is 2.33. The molecule has 4 rings (SSSR count). The van der Waals surface area contributed by atoms with Gasteiger partial charge in [0.2, 0.25) is 5.91 Å². The van der Waals surface area contributed by atoms with Gasteiger partial charge in [-0.25, -0.2) is 4.79 Å². The number of nitrogens with one attached hydrogen (secondary N) is 1. The Bertz CT molecular complexity index is 1170. The van der Waals surface area contributed by atoms with Crippen LogP contribution in [0.1, 0.15) is 47.7 Å². The fourth-order valence-electron chi connectivity index (χ4n) is 4.60. The molecule has 1 heterocycles. The second-order valence-corrected chi connectivity index (χ2v) is 9.82. The molecule has 0 spiro atoms. The van der Waals surface area contributed by atoms with E-state index in [2.05, 4.69) is 10.2 Å². The summed E-state index contributed by atoms with van der Waals surface area (Å²) in [4.78, 5) is 40.7. The van der Waals surface area contributed by atoms with Gasteiger partial charge in [0.25, 0.3) is 0 Å². The molecule has 8 nitrogen and oxygen atoms in total. The van der Waals surface area contributed by atoms with Crippen molar-refractivity contribution in [3.8, 4) is 5.75 Å². The largest absolute Gasteiger partial charge is 0.494 e. The van der Waals surface area contributed by atoms with E-state index < -0.39 is 12.2 Å². The maximum atomic E-state index is 13.4. The fourth-order valence-corrected chi connectivity index (χ4v) is 4.60. The lowest BCUT2D eigenvalue weighted by Crippen LogP contribution is -2.33. The van der Waals surface area contributed by atoms with Gasteiger partial charge < -0.3 is 19.7 Å². The summed E-state index contributed by atoms with van der Waals surface area (Å²) >= 11 is 0. The average molecular weight is 506 g/mol. The van der Waals surface area contributed by atoms with Crippen LogP contribution in [-0.4, -0.2) is 69.1 Å². The van der Waals surface area contributed by atoms with Crippen molar-refractivity contribution in [1.82, 2.24) is 10.2 Å². The van der Waals surface area contributed by atoms with E-state index in [4.69, 9.17) is 9.47 Å². The van der Waals surface area contributed by atoms with E-state index in [1.54, 1.807) is 11.0 Å². The Hall–Kier alpha value is -3.65. The third-order valence-corrected chi connectivity index (χ3v) is 6.52. The molecule has 1 aliphatic heterocycles. The number of carbonyl (C=O) groups excluding carboxylic acids is 3. The van der Waals surface area contributed by atoms with Gasteiger partial charge in [0.15, 0.2) is 5.78 Å². The number of ether oxygens (including phenoxy) is 2. The first-order valence-electron chi connectivity index (χ1n) is 12.8. The van der Waals surface area contributed by atoms with E-state index in [0.29, 0.717) is 30.8 Å². The lowest BCUT2D eigenvalue weighted by molar-refractivity contribution is -0.119. The molecule has 8 heteroatoms. The minimum Gasteiger partial charge on any atom is -0.494 e. The summed E-state index contributed by atoms with van der Waals surface area (Å²) in [6.45, 7) is 3.71. The fraction of sp³-hybridized carbons (Fsp3) is 0.414. The Labute approximate surface area is 218 Å². The van der Waals surface area contributed by atoms with Crippen LogP contribution < -0.4 is 15.0 Å². The summed E-state index contributed by atoms with van der Waals surface area (Å²) in [6.07, 6.45) is 4.37. The number of allylic oxidation sites excluding steroid dienone is 1. The van der Waals surface area contributed by atoms with Gasteiger partial charge in [-0.1, -0.05) is 12.1 Å². The van der Waals surface area contributed by atoms with E-state index in [1.807, 2.05) is 56.6 Å². The SMILES string of the molecule is CC(=O)NC[C@H]1CN(c2ccc3c(c2)CCC/C(=C\c2ccc(OCCCN(C)C)cc2)C3=O)C(=O)O1. The van der Waals surface area contributed by atoms with E-state index >= 15 is 0 Å². The standard InChI is InChI=1S/C29H35N3O5/c1-20(33)30-18-26-19-32(29(35)37-26)24-10-13-27-22(17-24)6-4-7-23(28(27)34)16-21-8-11-25(12-9-21)36-15-5-14-31(2)3/h8-13,16-17,26H,4-7,14-15,18-19H2,1-3H3,(H,30,33)/b23-16+/t26-/m0/s1. The zero-order valence-corrected chi connectivity index (χ0v) is 21.8. The number of fused-ring (bicyclic) bond motifs is 1. The first kappa shape index (κ1) is 26.4. The molecule has 0 saturated carbocycles. The summed E-state index contributed by atoms with van der Waals surface area (Å²) in [5.41, 5.74) is 4.06. The number of nitrogens with zero attached hydrogens (tertiary/aromatic N) is 2. The van der Waals surface area contributed by atoms with Crippen LogP contribution in [0.15, 0.2) is 48.0 Å². The number of ketones is 1. The predicted octanol–water partition coefficient (Wildman–Crippen LogP) is 4.08. The molecule has 0 radical (unpaired) electrons. The van der Waals surface area contributed by atoms with Crippen molar-refractivity contribution < 1.29 is 23.9 Å². The lowest BCUT2D eigenvalue weighted by atomic mass is 9.97. The van der Waals surface area contributed by atoms with Gasteiger partial charge in [-0.15, -0.1) is 0 Å². The Balaban J connectivity index is 1.43. The Morgan fingerprint density at radius 3 is 2.68 bits per heavy atom. The average Bonchev–Trinajstić information content (AvgIpc) is 3.18. The summed E-state index contributed by atoms with van der Waals surface area (Å²) < 4.78 is 11.2. The van der Waals surface area contributed by atoms with Crippen molar-refractivity contribution in [1.29, 1.82) is 0 Å². The van der Waals surface area contributed by atoms with Crippen LogP contribution in [-0.2, 0) is 16.0 Å². The molecule has 1 aliphatic carbocycles. The monoisotopic (exact) mass is 505 g/mol. The number of rotatable bonds is 9. The van der Waals surface area contributed by atoms with Crippen LogP contribution in [0.5, 0.6) is 5.75 Å². The second-order valence-electron chi connectivity index (χ2n) is 9.82. The molecule has 2 aliphatic rings. The molecule has 37 heavy (non-hydrogen) atoms. The number of aryl methyl sites for hydroxylation is 1. The molecular weight excluding hydrogens is 470 g/mol. The number of anilines is 1. The van der Waals surface area contributed by atoms with Gasteiger partial charge in [0, 0.05) is 30.3 Å². The summed E-state index contributed by atoms with van der Waals surface area (Å²) in [5.74, 6) is 0.683. The normalized spacial score (nSPS) is 18.5. The number of carbonyl (C=O) groups is 3. The predicted molar refractivity (Wildman–Crippen MR) is 143 cm³/mol. The zero-order chi connectivity index (χ0) is 26.4. The third-order valence-electron chi connectivity index (χ3n) is 6.52. The van der Waals surface area contributed by atoms with Crippen molar-refractivity contribution in [3.05, 3.63) is 64.7 Å². The van der Waals surface area contributed by atoms with Crippen molar-refractivity contribution >= 4 is 29.5 Å². The Kier molecular flexibility index (Phi) is 8.61. The molecule has 0 bridgehead atoms. The highest BCUT2D eigenvalue weighted by Crippen LogP contribution is 2.31. The zero-order valence-electron chi connectivity index (χ0n) is 21.8. The Morgan fingerprint density at radius 2 is 1.95 bits per heavy atom. The molecule has 2 aromatic carbocycles. The quantitative estimate of drug-likeness (QED) is 0.314. The van der Waals surface area contributed by atoms with Crippen LogP contribution in [0.25, 0.3) is 6.08 Å². The molecule has 196 valence electrons. The molecule has 1 atom stereocenters. The molecule has 1 fully saturated rings. The van der Waals surface area contributed by atoms with Crippen LogP contribution in [0, 0.1) is 0 Å². The number of hydrogen-bond donors (Lipinski definition) is 1. The summed E-state index contributed by atoms with van der Waals surface area (Å²) in [6, 6.07) is 13.4. The van der Waals surface area contributed by atoms with Crippen molar-refractivity contribution in [2.24, 2.45) is 0 Å². The maximum absolute atomic E-state index is 13.4. The first-order chi connectivity index (χ1) is 17.8. The molecule has 2 aromatic rings. The molecule has 1 saturated heterocycles. The van der Waals surface area contributed by atoms with Crippen LogP contribution in [0.4, 0.5) is 10.5 Å². The Morgan fingerprint density at radius 1 is 1.16 bits per heavy atom. The van der Waals surface area contributed by atoms with Crippen LogP contribution in [0.2, 0.25) is 0 Å². The smallest absolute Gasteiger partial charge is 0.414 e. The van der Waals surface area contributed by atoms with Crippen molar-refractivity contribution in [2.45, 2.75) is 38.7 Å². The van der Waals surface area contributed by atoms with E-state index in [1.165, 1.54) is 6.92 Å². The van der Waals surface area contributed by atoms with Crippen molar-refractivity contribution in [2.75, 3.05) is 45.2 Å². The van der Waals surface area contributed by atoms with E-state index in [9.17, 15) is 14.4 Å². The van der Waals surface area contributed by atoms with Gasteiger partial charge in [-0.2, -0.15) is 0 Å². The topological polar surface area (TPSA) is 88.2 Å². The minimum absolute atomic E-state index is 0.0237.